The van der Waals surface area contributed by atoms with Gasteiger partial charge in [0.25, 0.3) is 11.8 Å². The predicted molar refractivity (Wildman–Crippen MR) is 92.5 cm³/mol. The molecule has 130 valence electrons. The molecule has 0 radical (unpaired) electrons. The number of amides is 2. The van der Waals surface area contributed by atoms with Crippen LogP contribution in [-0.4, -0.2) is 29.1 Å². The highest BCUT2D eigenvalue weighted by atomic mass is 19.1. The summed E-state index contributed by atoms with van der Waals surface area (Å²) in [5, 5.41) is 6.41. The number of carbonyl (C=O) groups excluding carboxylic acids is 2. The minimum atomic E-state index is -0.846. The first-order valence-electron chi connectivity index (χ1n) is 7.77. The van der Waals surface area contributed by atoms with E-state index >= 15 is 0 Å². The molecule has 1 unspecified atom stereocenters. The van der Waals surface area contributed by atoms with Gasteiger partial charge in [-0.25, -0.2) is 9.82 Å². The van der Waals surface area contributed by atoms with Gasteiger partial charge in [-0.1, -0.05) is 26.0 Å². The van der Waals surface area contributed by atoms with Gasteiger partial charge < -0.3 is 5.32 Å². The zero-order valence-electron chi connectivity index (χ0n) is 13.9. The normalized spacial score (nSPS) is 12.2. The highest BCUT2D eigenvalue weighted by molar-refractivity contribution is 5.98. The first-order valence-corrected chi connectivity index (χ1v) is 7.77. The lowest BCUT2D eigenvalue weighted by atomic mass is 10.0. The molecule has 0 saturated carbocycles. The van der Waals surface area contributed by atoms with Crippen LogP contribution in [0.15, 0.2) is 53.9 Å². The van der Waals surface area contributed by atoms with Gasteiger partial charge >= 0.3 is 0 Å². The number of hydrogen-bond donors (Lipinski definition) is 2. The Morgan fingerprint density at radius 2 is 1.84 bits per heavy atom. The van der Waals surface area contributed by atoms with Gasteiger partial charge in [0.1, 0.15) is 11.9 Å². The maximum atomic E-state index is 13.7. The van der Waals surface area contributed by atoms with E-state index in [-0.39, 0.29) is 11.5 Å². The number of aromatic nitrogens is 1. The summed E-state index contributed by atoms with van der Waals surface area (Å²) in [6.45, 7) is 3.55. The third kappa shape index (κ3) is 5.20. The van der Waals surface area contributed by atoms with Crippen LogP contribution in [0.1, 0.15) is 29.8 Å². The molecule has 0 saturated heterocycles. The molecule has 25 heavy (non-hydrogen) atoms. The van der Waals surface area contributed by atoms with E-state index in [1.54, 1.807) is 44.4 Å². The van der Waals surface area contributed by atoms with Crippen LogP contribution in [0, 0.1) is 11.7 Å². The van der Waals surface area contributed by atoms with E-state index in [1.165, 1.54) is 24.4 Å². The van der Waals surface area contributed by atoms with Crippen LogP contribution in [-0.2, 0) is 4.79 Å². The maximum absolute atomic E-state index is 13.7. The predicted octanol–water partition coefficient (Wildman–Crippen LogP) is 2.13. The smallest absolute Gasteiger partial charge is 0.262 e. The number of benzene rings is 1. The van der Waals surface area contributed by atoms with Gasteiger partial charge in [0, 0.05) is 12.4 Å². The third-order valence-corrected chi connectivity index (χ3v) is 3.45. The number of nitrogens with one attached hydrogen (secondary N) is 2. The Morgan fingerprint density at radius 1 is 1.16 bits per heavy atom. The van der Waals surface area contributed by atoms with Crippen molar-refractivity contribution in [1.29, 1.82) is 0 Å². The molecule has 6 nitrogen and oxygen atoms in total. The quantitative estimate of drug-likeness (QED) is 0.623. The summed E-state index contributed by atoms with van der Waals surface area (Å²) < 4.78 is 13.7. The number of carbonyl (C=O) groups is 2. The summed E-state index contributed by atoms with van der Waals surface area (Å²) in [6, 6.07) is 8.22. The fourth-order valence-electron chi connectivity index (χ4n) is 2.09. The monoisotopic (exact) mass is 342 g/mol. The molecule has 0 fully saturated rings. The average molecular weight is 342 g/mol. The van der Waals surface area contributed by atoms with E-state index < -0.39 is 23.7 Å². The molecule has 2 amide bonds. The molecule has 0 aliphatic rings. The molecule has 0 spiro atoms. The summed E-state index contributed by atoms with van der Waals surface area (Å²) in [5.74, 6) is -1.97. The molecule has 7 heteroatoms. The first-order chi connectivity index (χ1) is 12.0. The highest BCUT2D eigenvalue weighted by Crippen LogP contribution is 2.09. The van der Waals surface area contributed by atoms with Crippen LogP contribution in [0.4, 0.5) is 4.39 Å². The number of nitrogens with zero attached hydrogens (tertiary/aromatic N) is 2. The minimum Gasteiger partial charge on any atom is -0.340 e. The zero-order valence-corrected chi connectivity index (χ0v) is 13.9. The molecule has 1 atom stereocenters. The summed E-state index contributed by atoms with van der Waals surface area (Å²) in [6.07, 6.45) is 4.68. The van der Waals surface area contributed by atoms with E-state index in [9.17, 15) is 14.0 Å². The van der Waals surface area contributed by atoms with Crippen molar-refractivity contribution in [2.45, 2.75) is 19.9 Å². The standard InChI is InChI=1S/C18H19FN4O2/c1-12(2)16(22-17(24)14-5-3-4-6-15(14)19)18(25)23-21-11-13-7-9-20-10-8-13/h3-12,16H,1-2H3,(H,22,24)(H,23,25). The van der Waals surface area contributed by atoms with E-state index in [1.807, 2.05) is 0 Å². The van der Waals surface area contributed by atoms with Crippen LogP contribution in [0.2, 0.25) is 0 Å². The van der Waals surface area contributed by atoms with Crippen molar-refractivity contribution in [3.8, 4) is 0 Å². The van der Waals surface area contributed by atoms with Crippen LogP contribution in [0.25, 0.3) is 0 Å². The van der Waals surface area contributed by atoms with Crippen LogP contribution in [0.3, 0.4) is 0 Å². The molecule has 2 N–H and O–H groups in total. The van der Waals surface area contributed by atoms with Crippen LogP contribution in [0.5, 0.6) is 0 Å². The van der Waals surface area contributed by atoms with Crippen molar-refractivity contribution in [3.63, 3.8) is 0 Å². The lowest BCUT2D eigenvalue weighted by Crippen LogP contribution is -2.48. The Hall–Kier alpha value is -3.09. The molecular formula is C18H19FN4O2. The fourth-order valence-corrected chi connectivity index (χ4v) is 2.09. The summed E-state index contributed by atoms with van der Waals surface area (Å²) in [7, 11) is 0. The topological polar surface area (TPSA) is 83.5 Å². The zero-order chi connectivity index (χ0) is 18.2. The molecule has 0 aliphatic heterocycles. The molecule has 2 rings (SSSR count). The SMILES string of the molecule is CC(C)C(NC(=O)c1ccccc1F)C(=O)NN=Cc1ccncc1. The van der Waals surface area contributed by atoms with Crippen LogP contribution >= 0.6 is 0 Å². The molecule has 1 aromatic carbocycles. The Bertz CT molecular complexity index is 763. The summed E-state index contributed by atoms with van der Waals surface area (Å²) >= 11 is 0. The van der Waals surface area contributed by atoms with Crippen molar-refractivity contribution in [1.82, 2.24) is 15.7 Å². The number of rotatable bonds is 6. The molecule has 0 aliphatic carbocycles. The molecule has 1 heterocycles. The number of pyridine rings is 1. The van der Waals surface area contributed by atoms with Crippen LogP contribution < -0.4 is 10.7 Å². The van der Waals surface area contributed by atoms with E-state index in [2.05, 4.69) is 20.8 Å². The van der Waals surface area contributed by atoms with Crippen molar-refractivity contribution < 1.29 is 14.0 Å². The molecule has 1 aromatic heterocycles. The second kappa shape index (κ2) is 8.68. The Kier molecular flexibility index (Phi) is 6.33. The van der Waals surface area contributed by atoms with Crippen molar-refractivity contribution in [2.75, 3.05) is 0 Å². The lowest BCUT2D eigenvalue weighted by molar-refractivity contribution is -0.123. The van der Waals surface area contributed by atoms with E-state index in [0.29, 0.717) is 0 Å². The first kappa shape index (κ1) is 18.3. The average Bonchev–Trinajstić information content (AvgIpc) is 2.60. The summed E-state index contributed by atoms with van der Waals surface area (Å²) in [5.41, 5.74) is 3.05. The van der Waals surface area contributed by atoms with Crippen molar-refractivity contribution in [3.05, 3.63) is 65.7 Å². The number of hydrogen-bond acceptors (Lipinski definition) is 4. The molecular weight excluding hydrogens is 323 g/mol. The van der Waals surface area contributed by atoms with Crippen molar-refractivity contribution >= 4 is 18.0 Å². The second-order valence-corrected chi connectivity index (χ2v) is 5.69. The lowest BCUT2D eigenvalue weighted by Gasteiger charge is -2.20. The third-order valence-electron chi connectivity index (χ3n) is 3.45. The molecule has 2 aromatic rings. The highest BCUT2D eigenvalue weighted by Gasteiger charge is 2.25. The minimum absolute atomic E-state index is 0.110. The Balaban J connectivity index is 2.02. The Labute approximate surface area is 145 Å². The number of hydrazone groups is 1. The fraction of sp³-hybridized carbons (Fsp3) is 0.222. The summed E-state index contributed by atoms with van der Waals surface area (Å²) in [4.78, 5) is 28.4. The van der Waals surface area contributed by atoms with Gasteiger partial charge in [0.2, 0.25) is 0 Å². The molecule has 0 bridgehead atoms. The van der Waals surface area contributed by atoms with Gasteiger partial charge in [0.15, 0.2) is 0 Å². The largest absolute Gasteiger partial charge is 0.340 e. The Morgan fingerprint density at radius 3 is 2.48 bits per heavy atom. The van der Waals surface area contributed by atoms with Gasteiger partial charge in [0.05, 0.1) is 11.8 Å². The second-order valence-electron chi connectivity index (χ2n) is 5.69. The van der Waals surface area contributed by atoms with Gasteiger partial charge in [-0.05, 0) is 35.7 Å². The maximum Gasteiger partial charge on any atom is 0.262 e. The van der Waals surface area contributed by atoms with Gasteiger partial charge in [-0.2, -0.15) is 5.10 Å². The van der Waals surface area contributed by atoms with E-state index in [4.69, 9.17) is 0 Å². The van der Waals surface area contributed by atoms with Gasteiger partial charge in [-0.15, -0.1) is 0 Å². The van der Waals surface area contributed by atoms with Gasteiger partial charge in [-0.3, -0.25) is 14.6 Å². The van der Waals surface area contributed by atoms with E-state index in [0.717, 1.165) is 5.56 Å². The number of halogens is 1. The van der Waals surface area contributed by atoms with Crippen molar-refractivity contribution in [2.24, 2.45) is 11.0 Å².